The number of esters is 4. The Balaban J connectivity index is 0.00000757. The van der Waals surface area contributed by atoms with E-state index in [0.717, 1.165) is 135 Å². The van der Waals surface area contributed by atoms with Crippen molar-refractivity contribution in [1.82, 2.24) is 0 Å². The average molecular weight is 1200 g/mol. The summed E-state index contributed by atoms with van der Waals surface area (Å²) in [6.45, 7) is 7.32. The Labute approximate surface area is 527 Å². The summed E-state index contributed by atoms with van der Waals surface area (Å²) in [5, 5.41) is 35.6. The molecule has 0 heterocycles. The van der Waals surface area contributed by atoms with Crippen molar-refractivity contribution in [2.24, 2.45) is 20.5 Å². The van der Waals surface area contributed by atoms with Crippen molar-refractivity contribution in [3.8, 4) is 22.6 Å². The molecular formula is C58H52N4Na2O18S2. The van der Waals surface area contributed by atoms with Crippen molar-refractivity contribution in [2.75, 3.05) is 13.2 Å². The van der Waals surface area contributed by atoms with Gasteiger partial charge in [0.15, 0.2) is 0 Å². The number of nitrogens with zero attached hydrogens (tertiary/aromatic N) is 4. The van der Waals surface area contributed by atoms with Crippen LogP contribution < -0.4 is 68.6 Å². The molecule has 0 radical (unpaired) electrons. The van der Waals surface area contributed by atoms with E-state index in [4.69, 9.17) is 18.9 Å². The number of carboxylic acids is 2. The minimum Gasteiger partial charge on any atom is -0.744 e. The predicted octanol–water partition coefficient (Wildman–Crippen LogP) is 5.50. The fraction of sp³-hybridized carbons (Fsp3) is 0.207. The van der Waals surface area contributed by atoms with Crippen LogP contribution in [-0.4, -0.2) is 85.2 Å². The van der Waals surface area contributed by atoms with Crippen LogP contribution in [0.3, 0.4) is 0 Å². The first-order valence-corrected chi connectivity index (χ1v) is 27.9. The Morgan fingerprint density at radius 1 is 0.452 bits per heavy atom. The Hall–Kier alpha value is -7.36. The molecule has 0 saturated carbocycles. The van der Waals surface area contributed by atoms with Crippen molar-refractivity contribution >= 4 is 78.8 Å². The van der Waals surface area contributed by atoms with E-state index in [1.165, 1.54) is 36.4 Å². The van der Waals surface area contributed by atoms with Gasteiger partial charge in [-0.05, 0) is 135 Å². The summed E-state index contributed by atoms with van der Waals surface area (Å²) in [6.07, 6.45) is 10.3. The van der Waals surface area contributed by atoms with E-state index in [-0.39, 0.29) is 104 Å². The summed E-state index contributed by atoms with van der Waals surface area (Å²) < 4.78 is 96.6. The molecule has 22 nitrogen and oxygen atoms in total. The van der Waals surface area contributed by atoms with Gasteiger partial charge < -0.3 is 38.3 Å². The van der Waals surface area contributed by atoms with Gasteiger partial charge in [-0.15, -0.1) is 0 Å². The number of ether oxygens (including phenoxy) is 4. The molecule has 6 rings (SSSR count). The van der Waals surface area contributed by atoms with Crippen LogP contribution in [0.4, 0.5) is 22.7 Å². The maximum absolute atomic E-state index is 13.0. The fourth-order valence-electron chi connectivity index (χ4n) is 7.87. The molecule has 0 spiro atoms. The molecule has 0 atom stereocenters. The molecule has 26 heteroatoms. The molecule has 6 aromatic rings. The average Bonchev–Trinajstić information content (AvgIpc) is 1.70. The number of carbonyl (C=O) groups is 6. The second-order valence-electron chi connectivity index (χ2n) is 17.9. The first-order valence-electron chi connectivity index (χ1n) is 25.1. The summed E-state index contributed by atoms with van der Waals surface area (Å²) in [5.74, 6) is -6.29. The SMILES string of the molecule is C=CC(=O)OCCCCCCc1ccc(C(=O)Oc2ccc(N=Nc3ccc(-c4ccc(N=Nc5ccc(OC(=O)c6ccc(CCCCCCOC(=O)C=C)cc6)c(C(=O)O)c5)cc4S(=O)(=O)[O-])c(S(=O)(=O)[O-])c3)cc2C(=O)O)cc1.[Na+].[Na+]. The van der Waals surface area contributed by atoms with Crippen LogP contribution in [0.25, 0.3) is 11.1 Å². The second-order valence-corrected chi connectivity index (χ2v) is 20.6. The van der Waals surface area contributed by atoms with E-state index in [0.29, 0.717) is 26.1 Å². The summed E-state index contributed by atoms with van der Waals surface area (Å²) in [6, 6.07) is 25.7. The van der Waals surface area contributed by atoms with Gasteiger partial charge in [-0.25, -0.2) is 45.6 Å². The van der Waals surface area contributed by atoms with Gasteiger partial charge in [0.05, 0.1) is 56.9 Å². The number of carbonyl (C=O) groups excluding carboxylic acids is 4. The van der Waals surface area contributed by atoms with Crippen molar-refractivity contribution in [1.29, 1.82) is 0 Å². The van der Waals surface area contributed by atoms with Crippen LogP contribution in [0.2, 0.25) is 0 Å². The fourth-order valence-corrected chi connectivity index (χ4v) is 9.30. The Morgan fingerprint density at radius 3 is 1.10 bits per heavy atom. The molecule has 0 amide bonds. The quantitative estimate of drug-likeness (QED) is 0.0111. The number of azo groups is 2. The topological polar surface area (TPSA) is 344 Å². The summed E-state index contributed by atoms with van der Waals surface area (Å²) >= 11 is 0. The Morgan fingerprint density at radius 2 is 0.774 bits per heavy atom. The number of unbranched alkanes of at least 4 members (excludes halogenated alkanes) is 6. The van der Waals surface area contributed by atoms with E-state index >= 15 is 0 Å². The number of aryl methyl sites for hydroxylation is 2. The van der Waals surface area contributed by atoms with Gasteiger partial charge in [0.2, 0.25) is 0 Å². The number of hydrogen-bond acceptors (Lipinski definition) is 20. The third kappa shape index (κ3) is 21.1. The van der Waals surface area contributed by atoms with Gasteiger partial charge >= 0.3 is 94.9 Å². The summed E-state index contributed by atoms with van der Waals surface area (Å²) in [7, 11) is -10.9. The molecule has 0 aromatic heterocycles. The minimum atomic E-state index is -5.45. The minimum absolute atomic E-state index is 0. The first-order chi connectivity index (χ1) is 39.1. The van der Waals surface area contributed by atoms with E-state index in [2.05, 4.69) is 33.6 Å². The molecule has 0 aliphatic heterocycles. The van der Waals surface area contributed by atoms with Crippen LogP contribution in [0.15, 0.2) is 177 Å². The monoisotopic (exact) mass is 1200 g/mol. The van der Waals surface area contributed by atoms with Crippen LogP contribution in [0.5, 0.6) is 11.5 Å². The second kappa shape index (κ2) is 33.2. The normalized spacial score (nSPS) is 11.2. The zero-order valence-electron chi connectivity index (χ0n) is 45.6. The van der Waals surface area contributed by atoms with Crippen molar-refractivity contribution in [3.05, 3.63) is 180 Å². The van der Waals surface area contributed by atoms with Gasteiger partial charge in [0, 0.05) is 23.3 Å². The largest absolute Gasteiger partial charge is 1.00 e. The van der Waals surface area contributed by atoms with Crippen LogP contribution in [0.1, 0.15) is 104 Å². The number of rotatable bonds is 29. The van der Waals surface area contributed by atoms with Crippen LogP contribution >= 0.6 is 0 Å². The van der Waals surface area contributed by atoms with Crippen LogP contribution in [0, 0.1) is 0 Å². The maximum atomic E-state index is 13.0. The molecule has 0 aliphatic carbocycles. The van der Waals surface area contributed by atoms with Gasteiger partial charge in [-0.1, -0.05) is 75.2 Å². The number of carboxylic acid groups (broad SMARTS) is 2. The molecule has 0 fully saturated rings. The molecule has 0 bridgehead atoms. The zero-order valence-corrected chi connectivity index (χ0v) is 51.3. The van der Waals surface area contributed by atoms with Crippen molar-refractivity contribution < 1.29 is 143 Å². The predicted molar refractivity (Wildman–Crippen MR) is 292 cm³/mol. The summed E-state index contributed by atoms with van der Waals surface area (Å²) in [4.78, 5) is 70.8. The van der Waals surface area contributed by atoms with Crippen LogP contribution in [-0.2, 0) is 52.1 Å². The third-order valence-corrected chi connectivity index (χ3v) is 13.8. The van der Waals surface area contributed by atoms with Gasteiger partial charge in [-0.3, -0.25) is 0 Å². The molecule has 0 aliphatic rings. The Kier molecular flexibility index (Phi) is 27.3. The number of benzene rings is 6. The van der Waals surface area contributed by atoms with Crippen molar-refractivity contribution in [3.63, 3.8) is 0 Å². The Bertz CT molecular complexity index is 3450. The molecule has 84 heavy (non-hydrogen) atoms. The third-order valence-electron chi connectivity index (χ3n) is 12.0. The van der Waals surface area contributed by atoms with E-state index in [1.807, 2.05) is 0 Å². The maximum Gasteiger partial charge on any atom is 1.00 e. The smallest absolute Gasteiger partial charge is 0.744 e. The first kappa shape index (κ1) is 69.1. The molecule has 426 valence electrons. The van der Waals surface area contributed by atoms with E-state index in [1.54, 1.807) is 24.3 Å². The van der Waals surface area contributed by atoms with E-state index < -0.39 is 88.1 Å². The summed E-state index contributed by atoms with van der Waals surface area (Å²) in [5.41, 5.74) is -0.636. The standard InChI is InChI=1S/C58H54N4O18S2.2Na/c1-3-53(63)77-31-11-7-5-9-13-37-15-19-39(20-16-37)57(69)79-49-29-25-41(33-47(49)55(65)66)59-61-43-23-27-45(51(35-43)81(71,72)73)46-28-24-44(36-52(46)82(74,75)76)62-60-42-26-30-50(48(34-42)56(67)68)80-58(70)40-21-17-38(18-22-40)14-10-6-8-12-32-78-54(64)4-2;;/h3-4,15-30,33-36H,1-2,5-14,31-32H2,(H,65,66)(H,67,68)(H,71,72,73)(H,74,75,76);;/q;2*+1/p-2. The van der Waals surface area contributed by atoms with Gasteiger partial charge in [-0.2, -0.15) is 20.5 Å². The molecule has 6 aromatic carbocycles. The van der Waals surface area contributed by atoms with E-state index in [9.17, 15) is 64.9 Å². The molecule has 0 saturated heterocycles. The van der Waals surface area contributed by atoms with Crippen molar-refractivity contribution in [2.45, 2.75) is 74.0 Å². The zero-order chi connectivity index (χ0) is 59.4. The van der Waals surface area contributed by atoms with Gasteiger partial charge in [0.1, 0.15) is 42.9 Å². The van der Waals surface area contributed by atoms with Gasteiger partial charge in [0.25, 0.3) is 0 Å². The molecule has 0 unspecified atom stereocenters. The number of aromatic carboxylic acids is 2. The molecular weight excluding hydrogens is 1150 g/mol. The number of hydrogen-bond donors (Lipinski definition) is 2. The molecule has 2 N–H and O–H groups in total.